The van der Waals surface area contributed by atoms with Crippen molar-refractivity contribution >= 4 is 23.1 Å². The maximum atomic E-state index is 5.59. The van der Waals surface area contributed by atoms with Crippen molar-refractivity contribution < 1.29 is 4.74 Å². The van der Waals surface area contributed by atoms with Gasteiger partial charge < -0.3 is 10.5 Å². The molecular weight excluding hydrogens is 214 g/mol. The third-order valence-electron chi connectivity index (χ3n) is 1.84. The molecule has 0 aliphatic rings. The van der Waals surface area contributed by atoms with E-state index in [4.69, 9.17) is 10.5 Å². The fourth-order valence-corrected chi connectivity index (χ4v) is 3.04. The van der Waals surface area contributed by atoms with Crippen molar-refractivity contribution in [2.24, 2.45) is 5.73 Å². The smallest absolute Gasteiger partial charge is 0.0705 e. The summed E-state index contributed by atoms with van der Waals surface area (Å²) < 4.78 is 6.85. The lowest BCUT2D eigenvalue weighted by molar-refractivity contribution is 0.0674. The van der Waals surface area contributed by atoms with Crippen LogP contribution in [0.4, 0.5) is 0 Å². The molecule has 1 heterocycles. The highest BCUT2D eigenvalue weighted by Crippen LogP contribution is 2.24. The van der Waals surface area contributed by atoms with Gasteiger partial charge in [-0.05, 0) is 24.8 Å². The average Bonchev–Trinajstić information content (AvgIpc) is 2.69. The Morgan fingerprint density at radius 3 is 3.07 bits per heavy atom. The van der Waals surface area contributed by atoms with Crippen LogP contribution in [0.2, 0.25) is 0 Å². The molecule has 0 amide bonds. The molecule has 14 heavy (non-hydrogen) atoms. The minimum absolute atomic E-state index is 0.229. The summed E-state index contributed by atoms with van der Waals surface area (Å²) in [6, 6.07) is 4.23. The summed E-state index contributed by atoms with van der Waals surface area (Å²) >= 11 is 3.67. The summed E-state index contributed by atoms with van der Waals surface area (Å²) in [4.78, 5) is 0. The van der Waals surface area contributed by atoms with Crippen molar-refractivity contribution in [3.63, 3.8) is 0 Å². The zero-order valence-corrected chi connectivity index (χ0v) is 10.1. The number of nitrogens with two attached hydrogens (primary N) is 1. The number of thioether (sulfide) groups is 1. The largest absolute Gasteiger partial charge is 0.377 e. The van der Waals surface area contributed by atoms with Gasteiger partial charge in [-0.3, -0.25) is 0 Å². The highest BCUT2D eigenvalue weighted by molar-refractivity contribution is 8.01. The molecule has 0 saturated carbocycles. The van der Waals surface area contributed by atoms with Gasteiger partial charge in [0.15, 0.2) is 0 Å². The Hall–Kier alpha value is -0.0300. The van der Waals surface area contributed by atoms with Crippen molar-refractivity contribution in [2.45, 2.75) is 23.7 Å². The number of hydrogen-bond acceptors (Lipinski definition) is 4. The van der Waals surface area contributed by atoms with Gasteiger partial charge in [0.1, 0.15) is 0 Å². The number of ether oxygens (including phenoxy) is 1. The first kappa shape index (κ1) is 12.0. The SMILES string of the molecule is CCOC(CN)CCSc1cccs1. The van der Waals surface area contributed by atoms with Crippen LogP contribution in [0.3, 0.4) is 0 Å². The molecule has 0 radical (unpaired) electrons. The maximum Gasteiger partial charge on any atom is 0.0705 e. The molecule has 1 unspecified atom stereocenters. The lowest BCUT2D eigenvalue weighted by atomic mass is 10.3. The minimum Gasteiger partial charge on any atom is -0.377 e. The topological polar surface area (TPSA) is 35.2 Å². The molecular formula is C10H17NOS2. The molecule has 0 bridgehead atoms. The third kappa shape index (κ3) is 4.46. The average molecular weight is 231 g/mol. The number of rotatable bonds is 7. The van der Waals surface area contributed by atoms with Gasteiger partial charge in [0.2, 0.25) is 0 Å². The molecule has 0 spiro atoms. The second-order valence-electron chi connectivity index (χ2n) is 2.88. The molecule has 2 N–H and O–H groups in total. The van der Waals surface area contributed by atoms with Gasteiger partial charge >= 0.3 is 0 Å². The Morgan fingerprint density at radius 1 is 1.64 bits per heavy atom. The van der Waals surface area contributed by atoms with E-state index in [0.717, 1.165) is 18.8 Å². The predicted octanol–water partition coefficient (Wildman–Crippen LogP) is 2.59. The third-order valence-corrected chi connectivity index (χ3v) is 4.01. The van der Waals surface area contributed by atoms with Crippen LogP contribution in [0.25, 0.3) is 0 Å². The molecule has 1 aromatic heterocycles. The predicted molar refractivity (Wildman–Crippen MR) is 64.1 cm³/mol. The highest BCUT2D eigenvalue weighted by Gasteiger charge is 2.05. The Morgan fingerprint density at radius 2 is 2.50 bits per heavy atom. The van der Waals surface area contributed by atoms with E-state index >= 15 is 0 Å². The first-order valence-electron chi connectivity index (χ1n) is 4.84. The van der Waals surface area contributed by atoms with Gasteiger partial charge in [0.05, 0.1) is 10.3 Å². The number of thiophene rings is 1. The maximum absolute atomic E-state index is 5.59. The van der Waals surface area contributed by atoms with Gasteiger partial charge in [-0.15, -0.1) is 23.1 Å². The summed E-state index contributed by atoms with van der Waals surface area (Å²) in [5.41, 5.74) is 5.59. The Labute approximate surface area is 93.8 Å². The van der Waals surface area contributed by atoms with E-state index in [2.05, 4.69) is 17.5 Å². The van der Waals surface area contributed by atoms with Crippen LogP contribution < -0.4 is 5.73 Å². The summed E-state index contributed by atoms with van der Waals surface area (Å²) in [6.07, 6.45) is 1.26. The van der Waals surface area contributed by atoms with Crippen molar-refractivity contribution in [1.29, 1.82) is 0 Å². The Balaban J connectivity index is 2.13. The van der Waals surface area contributed by atoms with Gasteiger partial charge in [0, 0.05) is 18.9 Å². The van der Waals surface area contributed by atoms with Crippen molar-refractivity contribution in [3.8, 4) is 0 Å². The van der Waals surface area contributed by atoms with Crippen molar-refractivity contribution in [1.82, 2.24) is 0 Å². The van der Waals surface area contributed by atoms with Crippen molar-refractivity contribution in [2.75, 3.05) is 18.9 Å². The molecule has 0 aromatic carbocycles. The van der Waals surface area contributed by atoms with E-state index in [9.17, 15) is 0 Å². The lowest BCUT2D eigenvalue weighted by Gasteiger charge is -2.13. The van der Waals surface area contributed by atoms with Gasteiger partial charge in [0.25, 0.3) is 0 Å². The van der Waals surface area contributed by atoms with Crippen LogP contribution in [-0.4, -0.2) is 25.0 Å². The van der Waals surface area contributed by atoms with E-state index in [1.54, 1.807) is 11.3 Å². The van der Waals surface area contributed by atoms with E-state index < -0.39 is 0 Å². The van der Waals surface area contributed by atoms with Gasteiger partial charge in [-0.1, -0.05) is 6.07 Å². The Bertz CT molecular complexity index is 226. The van der Waals surface area contributed by atoms with Crippen LogP contribution in [0.15, 0.2) is 21.7 Å². The molecule has 2 nitrogen and oxygen atoms in total. The lowest BCUT2D eigenvalue weighted by Crippen LogP contribution is -2.24. The van der Waals surface area contributed by atoms with Gasteiger partial charge in [-0.25, -0.2) is 0 Å². The molecule has 0 fully saturated rings. The molecule has 0 aliphatic carbocycles. The Kier molecular flexibility index (Phi) is 6.27. The highest BCUT2D eigenvalue weighted by atomic mass is 32.2. The van der Waals surface area contributed by atoms with Gasteiger partial charge in [-0.2, -0.15) is 0 Å². The van der Waals surface area contributed by atoms with Crippen LogP contribution in [0, 0.1) is 0 Å². The summed E-state index contributed by atoms with van der Waals surface area (Å²) in [7, 11) is 0. The summed E-state index contributed by atoms with van der Waals surface area (Å²) in [5, 5.41) is 2.10. The molecule has 0 saturated heterocycles. The normalized spacial score (nSPS) is 13.0. The summed E-state index contributed by atoms with van der Waals surface area (Å²) in [5.74, 6) is 1.09. The van der Waals surface area contributed by atoms with E-state index in [1.165, 1.54) is 4.21 Å². The standard InChI is InChI=1S/C10H17NOS2/c1-2-12-9(8-11)5-7-14-10-4-3-6-13-10/h3-4,6,9H,2,5,7-8,11H2,1H3. The molecule has 0 aliphatic heterocycles. The van der Waals surface area contributed by atoms with E-state index in [-0.39, 0.29) is 6.10 Å². The molecule has 80 valence electrons. The monoisotopic (exact) mass is 231 g/mol. The van der Waals surface area contributed by atoms with Crippen LogP contribution in [0.5, 0.6) is 0 Å². The zero-order valence-electron chi connectivity index (χ0n) is 8.44. The van der Waals surface area contributed by atoms with Crippen LogP contribution >= 0.6 is 23.1 Å². The fraction of sp³-hybridized carbons (Fsp3) is 0.600. The van der Waals surface area contributed by atoms with Crippen molar-refractivity contribution in [3.05, 3.63) is 17.5 Å². The van der Waals surface area contributed by atoms with E-state index in [0.29, 0.717) is 6.54 Å². The molecule has 1 aromatic rings. The van der Waals surface area contributed by atoms with E-state index in [1.807, 2.05) is 18.7 Å². The number of hydrogen-bond donors (Lipinski definition) is 1. The quantitative estimate of drug-likeness (QED) is 0.733. The first-order valence-corrected chi connectivity index (χ1v) is 6.71. The zero-order chi connectivity index (χ0) is 10.2. The first-order chi connectivity index (χ1) is 6.86. The minimum atomic E-state index is 0.229. The van der Waals surface area contributed by atoms with Crippen LogP contribution in [0.1, 0.15) is 13.3 Å². The second-order valence-corrected chi connectivity index (χ2v) is 5.23. The molecule has 4 heteroatoms. The molecule has 1 rings (SSSR count). The second kappa shape index (κ2) is 7.29. The fourth-order valence-electron chi connectivity index (χ4n) is 1.14. The molecule has 1 atom stereocenters. The summed E-state index contributed by atoms with van der Waals surface area (Å²) in [6.45, 7) is 3.39. The van der Waals surface area contributed by atoms with Crippen LogP contribution in [-0.2, 0) is 4.74 Å².